The fourth-order valence-electron chi connectivity index (χ4n) is 1.77. The average molecular weight is 237 g/mol. The van der Waals surface area contributed by atoms with E-state index in [0.29, 0.717) is 0 Å². The molecule has 1 aromatic rings. The Kier molecular flexibility index (Phi) is 2.20. The maximum atomic E-state index is 13.3. The van der Waals surface area contributed by atoms with E-state index in [9.17, 15) is 13.2 Å². The Balaban J connectivity index is 2.55. The summed E-state index contributed by atoms with van der Waals surface area (Å²) in [6.07, 6.45) is 0.657. The van der Waals surface area contributed by atoms with E-state index in [1.807, 2.05) is 0 Å². The van der Waals surface area contributed by atoms with Gasteiger partial charge in [-0.05, 0) is 6.07 Å². The molecule has 1 aromatic heterocycles. The number of nitrogens with two attached hydrogens (primary N) is 1. The van der Waals surface area contributed by atoms with Crippen molar-refractivity contribution < 1.29 is 13.2 Å². The van der Waals surface area contributed by atoms with Gasteiger partial charge in [-0.15, -0.1) is 0 Å². The summed E-state index contributed by atoms with van der Waals surface area (Å²) in [6.45, 7) is -0.345. The molecule has 1 fully saturated rings. The summed E-state index contributed by atoms with van der Waals surface area (Å²) < 4.78 is 39.7. The summed E-state index contributed by atoms with van der Waals surface area (Å²) in [4.78, 5) is 3.32. The van der Waals surface area contributed by atoms with E-state index >= 15 is 0 Å². The van der Waals surface area contributed by atoms with Crippen molar-refractivity contribution in [3.63, 3.8) is 0 Å². The van der Waals surface area contributed by atoms with Crippen molar-refractivity contribution in [3.05, 3.63) is 28.8 Å². The number of pyridine rings is 1. The van der Waals surface area contributed by atoms with Crippen LogP contribution in [0.2, 0.25) is 5.02 Å². The molecule has 0 spiro atoms. The molecule has 15 heavy (non-hydrogen) atoms. The average Bonchev–Trinajstić information content (AvgIpc) is 2.69. The molecule has 0 saturated heterocycles. The second-order valence-corrected chi connectivity index (χ2v) is 4.03. The standard InChI is InChI=1S/C9H8ClF3N2/c10-5-1-2-15-7(11)6(5)8(4-14)3-9(8,12)13/h1-2H,3-4,14H2. The molecular formula is C9H8ClF3N2. The smallest absolute Gasteiger partial charge is 0.260 e. The summed E-state index contributed by atoms with van der Waals surface area (Å²) in [7, 11) is 0. The molecule has 82 valence electrons. The SMILES string of the molecule is NCC1(c2c(Cl)ccnc2F)CC1(F)F. The highest BCUT2D eigenvalue weighted by Crippen LogP contribution is 2.62. The lowest BCUT2D eigenvalue weighted by Gasteiger charge is -2.15. The molecule has 2 N–H and O–H groups in total. The summed E-state index contributed by atoms with van der Waals surface area (Å²) in [6, 6.07) is 1.28. The third kappa shape index (κ3) is 1.33. The molecule has 0 radical (unpaired) electrons. The number of hydrogen-bond donors (Lipinski definition) is 1. The summed E-state index contributed by atoms with van der Waals surface area (Å²) in [5, 5.41) is -0.0508. The van der Waals surface area contributed by atoms with E-state index in [1.165, 1.54) is 6.07 Å². The van der Waals surface area contributed by atoms with Crippen LogP contribution in [-0.2, 0) is 5.41 Å². The minimum atomic E-state index is -2.99. The fraction of sp³-hybridized carbons (Fsp3) is 0.444. The molecule has 1 aliphatic carbocycles. The molecule has 2 rings (SSSR count). The minimum Gasteiger partial charge on any atom is -0.329 e. The largest absolute Gasteiger partial charge is 0.329 e. The van der Waals surface area contributed by atoms with E-state index in [1.54, 1.807) is 0 Å². The maximum Gasteiger partial charge on any atom is 0.260 e. The van der Waals surface area contributed by atoms with Gasteiger partial charge in [-0.3, -0.25) is 0 Å². The van der Waals surface area contributed by atoms with Crippen LogP contribution in [0.25, 0.3) is 0 Å². The van der Waals surface area contributed by atoms with Crippen molar-refractivity contribution in [2.75, 3.05) is 6.54 Å². The van der Waals surface area contributed by atoms with Crippen molar-refractivity contribution in [3.8, 4) is 0 Å². The normalized spacial score (nSPS) is 27.8. The Morgan fingerprint density at radius 1 is 1.53 bits per heavy atom. The Morgan fingerprint density at radius 2 is 2.13 bits per heavy atom. The van der Waals surface area contributed by atoms with Crippen molar-refractivity contribution in [2.45, 2.75) is 17.8 Å². The first kappa shape index (κ1) is 10.7. The molecule has 2 nitrogen and oxygen atoms in total. The van der Waals surface area contributed by atoms with Gasteiger partial charge in [0.05, 0.1) is 10.4 Å². The van der Waals surface area contributed by atoms with Crippen LogP contribution in [0.4, 0.5) is 13.2 Å². The van der Waals surface area contributed by atoms with E-state index in [-0.39, 0.29) is 17.1 Å². The zero-order chi connectivity index (χ0) is 11.3. The number of halogens is 4. The molecule has 0 aliphatic heterocycles. The number of nitrogens with zero attached hydrogens (tertiary/aromatic N) is 1. The van der Waals surface area contributed by atoms with Crippen LogP contribution in [0.3, 0.4) is 0 Å². The number of aromatic nitrogens is 1. The predicted octanol–water partition coefficient (Wildman–Crippen LogP) is 2.11. The maximum absolute atomic E-state index is 13.3. The number of rotatable bonds is 2. The van der Waals surface area contributed by atoms with Crippen molar-refractivity contribution in [1.29, 1.82) is 0 Å². The van der Waals surface area contributed by atoms with E-state index in [4.69, 9.17) is 17.3 Å². The first-order chi connectivity index (χ1) is 6.94. The van der Waals surface area contributed by atoms with Gasteiger partial charge in [0.1, 0.15) is 0 Å². The Hall–Kier alpha value is -0.810. The van der Waals surface area contributed by atoms with E-state index in [0.717, 1.165) is 6.20 Å². The number of alkyl halides is 2. The monoisotopic (exact) mass is 236 g/mol. The van der Waals surface area contributed by atoms with Crippen LogP contribution in [0.5, 0.6) is 0 Å². The molecule has 6 heteroatoms. The van der Waals surface area contributed by atoms with Crippen molar-refractivity contribution >= 4 is 11.6 Å². The third-order valence-corrected chi connectivity index (χ3v) is 3.09. The lowest BCUT2D eigenvalue weighted by Crippen LogP contribution is -2.28. The number of hydrogen-bond acceptors (Lipinski definition) is 2. The van der Waals surface area contributed by atoms with Crippen LogP contribution in [-0.4, -0.2) is 17.5 Å². The zero-order valence-electron chi connectivity index (χ0n) is 7.61. The molecule has 0 aromatic carbocycles. The molecule has 1 unspecified atom stereocenters. The van der Waals surface area contributed by atoms with Gasteiger partial charge < -0.3 is 5.73 Å². The molecule has 0 bridgehead atoms. The highest BCUT2D eigenvalue weighted by molar-refractivity contribution is 6.31. The van der Waals surface area contributed by atoms with Crippen molar-refractivity contribution in [1.82, 2.24) is 4.98 Å². The van der Waals surface area contributed by atoms with Crippen molar-refractivity contribution in [2.24, 2.45) is 5.73 Å². The lowest BCUT2D eigenvalue weighted by molar-refractivity contribution is 0.0885. The van der Waals surface area contributed by atoms with Crippen LogP contribution < -0.4 is 5.73 Å². The quantitative estimate of drug-likeness (QED) is 0.799. The van der Waals surface area contributed by atoms with Gasteiger partial charge in [0.25, 0.3) is 5.92 Å². The lowest BCUT2D eigenvalue weighted by atomic mass is 9.96. The fourth-order valence-corrected chi connectivity index (χ4v) is 2.09. The second-order valence-electron chi connectivity index (χ2n) is 3.63. The highest BCUT2D eigenvalue weighted by Gasteiger charge is 2.72. The molecular weight excluding hydrogens is 229 g/mol. The molecule has 1 aliphatic rings. The first-order valence-corrected chi connectivity index (χ1v) is 4.71. The molecule has 1 saturated carbocycles. The van der Waals surface area contributed by atoms with Gasteiger partial charge in [0.2, 0.25) is 5.95 Å². The molecule has 1 atom stereocenters. The second kappa shape index (κ2) is 3.09. The third-order valence-electron chi connectivity index (χ3n) is 2.78. The van der Waals surface area contributed by atoms with Gasteiger partial charge in [0, 0.05) is 24.7 Å². The van der Waals surface area contributed by atoms with Gasteiger partial charge >= 0.3 is 0 Å². The van der Waals surface area contributed by atoms with E-state index in [2.05, 4.69) is 4.98 Å². The van der Waals surface area contributed by atoms with Crippen LogP contribution in [0.15, 0.2) is 12.3 Å². The molecule has 1 heterocycles. The van der Waals surface area contributed by atoms with Gasteiger partial charge in [0.15, 0.2) is 0 Å². The topological polar surface area (TPSA) is 38.9 Å². The summed E-state index contributed by atoms with van der Waals surface area (Å²) >= 11 is 5.69. The minimum absolute atomic E-state index is 0.0508. The van der Waals surface area contributed by atoms with E-state index < -0.39 is 23.7 Å². The Bertz CT molecular complexity index is 390. The van der Waals surface area contributed by atoms with Gasteiger partial charge in [-0.1, -0.05) is 11.6 Å². The zero-order valence-corrected chi connectivity index (χ0v) is 8.36. The van der Waals surface area contributed by atoms with Gasteiger partial charge in [-0.25, -0.2) is 13.8 Å². The summed E-state index contributed by atoms with van der Waals surface area (Å²) in [5.74, 6) is -3.96. The Morgan fingerprint density at radius 3 is 2.53 bits per heavy atom. The Labute approximate surface area is 89.2 Å². The van der Waals surface area contributed by atoms with Crippen LogP contribution in [0, 0.1) is 5.95 Å². The van der Waals surface area contributed by atoms with Crippen LogP contribution in [0.1, 0.15) is 12.0 Å². The van der Waals surface area contributed by atoms with Crippen LogP contribution >= 0.6 is 11.6 Å². The molecule has 0 amide bonds. The van der Waals surface area contributed by atoms with Gasteiger partial charge in [-0.2, -0.15) is 4.39 Å². The summed E-state index contributed by atoms with van der Waals surface area (Å²) in [5.41, 5.74) is 3.35. The predicted molar refractivity (Wildman–Crippen MR) is 49.5 cm³/mol. The first-order valence-electron chi connectivity index (χ1n) is 4.33. The highest BCUT2D eigenvalue weighted by atomic mass is 35.5.